The van der Waals surface area contributed by atoms with E-state index in [1.54, 1.807) is 18.2 Å². The van der Waals surface area contributed by atoms with Gasteiger partial charge in [-0.3, -0.25) is 9.59 Å². The third kappa shape index (κ3) is 6.53. The second-order valence-corrected chi connectivity index (χ2v) is 13.8. The summed E-state index contributed by atoms with van der Waals surface area (Å²) in [5, 5.41) is -5.60. The van der Waals surface area contributed by atoms with Crippen molar-refractivity contribution in [3.8, 4) is 0 Å². The Hall–Kier alpha value is -1.73. The van der Waals surface area contributed by atoms with Crippen LogP contribution in [0, 0.1) is 5.92 Å². The van der Waals surface area contributed by atoms with Gasteiger partial charge in [0, 0.05) is 17.1 Å². The third-order valence-electron chi connectivity index (χ3n) is 6.11. The van der Waals surface area contributed by atoms with Gasteiger partial charge in [0.15, 0.2) is 5.78 Å². The molecule has 1 unspecified atom stereocenters. The Morgan fingerprint density at radius 2 is 1.51 bits per heavy atom. The summed E-state index contributed by atoms with van der Waals surface area (Å²) in [5.74, 6) is -3.66. The van der Waals surface area contributed by atoms with Crippen LogP contribution in [0.25, 0.3) is 0 Å². The molecule has 1 atom stereocenters. The van der Waals surface area contributed by atoms with Gasteiger partial charge in [0.05, 0.1) is 11.7 Å². The number of rotatable bonds is 9. The Bertz CT molecular complexity index is 1000. The minimum Gasteiger partial charge on any atom is -0.444 e. The molecule has 3 rings (SSSR count). The first-order valence-corrected chi connectivity index (χ1v) is 14.7. The quantitative estimate of drug-likeness (QED) is 0.235. The molecule has 1 aromatic carbocycles. The molecule has 35 heavy (non-hydrogen) atoms. The molecule has 0 bridgehead atoms. The van der Waals surface area contributed by atoms with Crippen LogP contribution in [-0.2, 0) is 23.3 Å². The van der Waals surface area contributed by atoms with E-state index in [1.165, 1.54) is 12.1 Å². The van der Waals surface area contributed by atoms with E-state index in [4.69, 9.17) is 3.63 Å². The van der Waals surface area contributed by atoms with Gasteiger partial charge in [-0.1, -0.05) is 49.6 Å². The molecule has 1 heterocycles. The number of hydrogen-bond donors (Lipinski definition) is 0. The lowest BCUT2D eigenvalue weighted by molar-refractivity contribution is -0.260. The van der Waals surface area contributed by atoms with Crippen LogP contribution in [0.1, 0.15) is 55.3 Å². The van der Waals surface area contributed by atoms with Gasteiger partial charge >= 0.3 is 27.5 Å². The van der Waals surface area contributed by atoms with Crippen LogP contribution in [0.3, 0.4) is 0 Å². The topological polar surface area (TPSA) is 86.7 Å². The van der Waals surface area contributed by atoms with Crippen molar-refractivity contribution in [1.82, 2.24) is 0 Å². The Morgan fingerprint density at radius 3 is 2.06 bits per heavy atom. The number of carbonyl (C=O) groups excluding carboxylic acids is 2. The molecule has 1 aliphatic heterocycles. The maximum atomic E-state index is 15.0. The maximum absolute atomic E-state index is 15.0. The predicted octanol–water partition coefficient (Wildman–Crippen LogP) is 5.38. The average Bonchev–Trinajstić information content (AvgIpc) is 3.24. The molecule has 13 heteroatoms. The van der Waals surface area contributed by atoms with Gasteiger partial charge in [0.2, 0.25) is 0 Å². The van der Waals surface area contributed by atoms with Crippen molar-refractivity contribution in [2.45, 2.75) is 62.5 Å². The van der Waals surface area contributed by atoms with E-state index in [9.17, 15) is 40.0 Å². The van der Waals surface area contributed by atoms with Crippen molar-refractivity contribution in [3.05, 3.63) is 35.9 Å². The predicted molar refractivity (Wildman–Crippen MR) is 120 cm³/mol. The van der Waals surface area contributed by atoms with E-state index >= 15 is 0 Å². The first-order valence-electron chi connectivity index (χ1n) is 11.2. The Labute approximate surface area is 202 Å². The summed E-state index contributed by atoms with van der Waals surface area (Å²) in [6, 6.07) is 7.67. The molecule has 0 amide bonds. The molecular weight excluding hydrogens is 519 g/mol. The van der Waals surface area contributed by atoms with Crippen LogP contribution < -0.4 is 0 Å². The fourth-order valence-electron chi connectivity index (χ4n) is 4.26. The van der Waals surface area contributed by atoms with Gasteiger partial charge in [0.25, 0.3) is 6.10 Å². The molecule has 6 nitrogen and oxygen atoms in total. The minimum atomic E-state index is -6.23. The monoisotopic (exact) mass is 546 g/mol. The third-order valence-corrected chi connectivity index (χ3v) is 11.7. The Morgan fingerprint density at radius 1 is 0.943 bits per heavy atom. The lowest BCUT2D eigenvalue weighted by Gasteiger charge is -2.36. The molecule has 1 saturated carbocycles. The molecule has 0 aromatic heterocycles. The largest absolute Gasteiger partial charge is 0.444 e. The summed E-state index contributed by atoms with van der Waals surface area (Å²) in [6.07, 6.45) is -7.21. The van der Waals surface area contributed by atoms with Crippen LogP contribution in [0.2, 0.25) is 0 Å². The number of benzene rings is 1. The zero-order valence-electron chi connectivity index (χ0n) is 18.8. The van der Waals surface area contributed by atoms with Gasteiger partial charge in [-0.2, -0.15) is 30.4 Å². The summed E-state index contributed by atoms with van der Waals surface area (Å²) in [6.45, 7) is 0. The molecule has 0 spiro atoms. The lowest BCUT2D eigenvalue weighted by atomic mass is 9.89. The molecule has 0 radical (unpaired) electrons. The molecular formula is C22H27F5O6S2. The summed E-state index contributed by atoms with van der Waals surface area (Å²) < 4.78 is 105. The number of halogens is 5. The van der Waals surface area contributed by atoms with E-state index in [-0.39, 0.29) is 29.9 Å². The molecule has 2 fully saturated rings. The standard InChI is InChI=1S/C22H27F5O6S2/c23-21(24,25)20(32-19(29)17-11-5-2-6-12-17)22(26,27)35(30,31)33-34(13-7-8-14-34)15-18(28)16-9-3-1-4-10-16/h1,3-4,9-10,17,20H,2,5-8,11-15H2. The maximum Gasteiger partial charge on any atom is 0.432 e. The number of carbonyl (C=O) groups is 2. The van der Waals surface area contributed by atoms with Gasteiger partial charge < -0.3 is 4.74 Å². The number of alkyl halides is 5. The number of ketones is 1. The van der Waals surface area contributed by atoms with Gasteiger partial charge in [-0.25, -0.2) is 3.63 Å². The fraction of sp³-hybridized carbons (Fsp3) is 0.636. The van der Waals surface area contributed by atoms with E-state index in [2.05, 4.69) is 4.74 Å². The number of ether oxygens (including phenoxy) is 1. The Balaban J connectivity index is 1.84. The zero-order valence-corrected chi connectivity index (χ0v) is 20.4. The number of Topliss-reactive ketones (excluding diaryl/α,β-unsaturated/α-hetero) is 1. The van der Waals surface area contributed by atoms with E-state index in [1.807, 2.05) is 0 Å². The highest BCUT2D eigenvalue weighted by Crippen LogP contribution is 2.58. The molecule has 1 aliphatic carbocycles. The van der Waals surface area contributed by atoms with Crippen LogP contribution in [-0.4, -0.2) is 55.0 Å². The van der Waals surface area contributed by atoms with Crippen LogP contribution in [0.15, 0.2) is 30.3 Å². The summed E-state index contributed by atoms with van der Waals surface area (Å²) in [5.41, 5.74) is 0.202. The average molecular weight is 547 g/mol. The Kier molecular flexibility index (Phi) is 8.53. The minimum absolute atomic E-state index is 0.0283. The number of hydrogen-bond acceptors (Lipinski definition) is 6. The van der Waals surface area contributed by atoms with Crippen molar-refractivity contribution in [2.75, 3.05) is 17.3 Å². The SMILES string of the molecule is O=C(CS1(OS(=O)(=O)C(F)(F)C(OC(=O)C2CCCCC2)C(F)(F)F)CCCC1)c1ccccc1. The second kappa shape index (κ2) is 10.7. The molecule has 2 aliphatic rings. The molecule has 198 valence electrons. The van der Waals surface area contributed by atoms with Crippen LogP contribution in [0.4, 0.5) is 22.0 Å². The van der Waals surface area contributed by atoms with Crippen LogP contribution >= 0.6 is 10.3 Å². The number of esters is 1. The van der Waals surface area contributed by atoms with Crippen molar-refractivity contribution in [3.63, 3.8) is 0 Å². The first kappa shape index (κ1) is 27.9. The molecule has 1 saturated heterocycles. The lowest BCUT2D eigenvalue weighted by Crippen LogP contribution is -2.53. The normalized spacial score (nSPS) is 21.3. The van der Waals surface area contributed by atoms with Crippen molar-refractivity contribution in [1.29, 1.82) is 0 Å². The van der Waals surface area contributed by atoms with E-state index in [0.29, 0.717) is 25.7 Å². The smallest absolute Gasteiger partial charge is 0.432 e. The first-order chi connectivity index (χ1) is 16.3. The summed E-state index contributed by atoms with van der Waals surface area (Å²) >= 11 is 0. The van der Waals surface area contributed by atoms with Gasteiger partial charge in [-0.15, -0.1) is 10.3 Å². The van der Waals surface area contributed by atoms with Gasteiger partial charge in [0.1, 0.15) is 0 Å². The molecule has 0 N–H and O–H groups in total. The highest BCUT2D eigenvalue weighted by molar-refractivity contribution is 8.33. The zero-order chi connectivity index (χ0) is 25.9. The summed E-state index contributed by atoms with van der Waals surface area (Å²) in [4.78, 5) is 24.9. The summed E-state index contributed by atoms with van der Waals surface area (Å²) in [7, 11) is -9.24. The highest BCUT2D eigenvalue weighted by Gasteiger charge is 2.68. The fourth-order valence-corrected chi connectivity index (χ4v) is 9.92. The van der Waals surface area contributed by atoms with Crippen molar-refractivity contribution < 1.29 is 48.3 Å². The van der Waals surface area contributed by atoms with Crippen molar-refractivity contribution in [2.24, 2.45) is 5.92 Å². The highest BCUT2D eigenvalue weighted by atomic mass is 32.3. The van der Waals surface area contributed by atoms with Crippen molar-refractivity contribution >= 4 is 32.2 Å². The second-order valence-electron chi connectivity index (χ2n) is 8.79. The van der Waals surface area contributed by atoms with E-state index < -0.39 is 61.4 Å². The van der Waals surface area contributed by atoms with E-state index in [0.717, 1.165) is 6.42 Å². The van der Waals surface area contributed by atoms with Crippen LogP contribution in [0.5, 0.6) is 0 Å². The van der Waals surface area contributed by atoms with Gasteiger partial charge in [-0.05, 0) is 25.7 Å². The molecule has 1 aromatic rings.